The number of hydrogen-bond donors (Lipinski definition) is 1. The summed E-state index contributed by atoms with van der Waals surface area (Å²) in [4.78, 5) is 17.0. The molecule has 1 aliphatic heterocycles. The lowest BCUT2D eigenvalue weighted by atomic mass is 10.0. The molecule has 1 saturated heterocycles. The fraction of sp³-hybridized carbons (Fsp3) is 0.632. The van der Waals surface area contributed by atoms with Crippen molar-refractivity contribution in [2.75, 3.05) is 26.7 Å². The first-order valence-electron chi connectivity index (χ1n) is 8.89. The number of carbonyl (C=O) groups is 1. The molecule has 1 N–H and O–H groups in total. The molecule has 24 heavy (non-hydrogen) atoms. The van der Waals surface area contributed by atoms with E-state index in [1.54, 1.807) is 7.11 Å². The van der Waals surface area contributed by atoms with Crippen LogP contribution in [0.15, 0.2) is 24.3 Å². The van der Waals surface area contributed by atoms with Crippen LogP contribution in [-0.4, -0.2) is 59.7 Å². The fourth-order valence-corrected chi connectivity index (χ4v) is 3.42. The highest BCUT2D eigenvalue weighted by Gasteiger charge is 2.34. The Morgan fingerprint density at radius 1 is 1.33 bits per heavy atom. The first kappa shape index (κ1) is 17.2. The molecule has 132 valence electrons. The maximum atomic E-state index is 12.8. The third-order valence-corrected chi connectivity index (χ3v) is 5.17. The van der Waals surface area contributed by atoms with Crippen LogP contribution < -0.4 is 4.74 Å². The van der Waals surface area contributed by atoms with Crippen LogP contribution in [0.3, 0.4) is 0 Å². The molecule has 0 bridgehead atoms. The molecule has 2 unspecified atom stereocenters. The smallest absolute Gasteiger partial charge is 0.237 e. The molecule has 1 saturated carbocycles. The number of aliphatic hydroxyl groups excluding tert-OH is 1. The first-order valence-corrected chi connectivity index (χ1v) is 8.89. The van der Waals surface area contributed by atoms with Crippen molar-refractivity contribution in [1.82, 2.24) is 9.80 Å². The van der Waals surface area contributed by atoms with E-state index < -0.39 is 0 Å². The van der Waals surface area contributed by atoms with Crippen molar-refractivity contribution in [3.05, 3.63) is 29.8 Å². The van der Waals surface area contributed by atoms with Crippen LogP contribution in [0.4, 0.5) is 0 Å². The summed E-state index contributed by atoms with van der Waals surface area (Å²) in [5, 5.41) is 9.72. The highest BCUT2D eigenvalue weighted by Crippen LogP contribution is 2.29. The van der Waals surface area contributed by atoms with Gasteiger partial charge in [0.2, 0.25) is 5.91 Å². The van der Waals surface area contributed by atoms with Crippen LogP contribution in [0.5, 0.6) is 5.75 Å². The van der Waals surface area contributed by atoms with Gasteiger partial charge in [0.1, 0.15) is 5.75 Å². The summed E-state index contributed by atoms with van der Waals surface area (Å²) in [6, 6.07) is 8.34. The van der Waals surface area contributed by atoms with Crippen LogP contribution in [-0.2, 0) is 11.3 Å². The highest BCUT2D eigenvalue weighted by molar-refractivity contribution is 5.79. The number of aliphatic hydroxyl groups is 1. The molecular weight excluding hydrogens is 304 g/mol. The average Bonchev–Trinajstić information content (AvgIpc) is 3.31. The van der Waals surface area contributed by atoms with Crippen LogP contribution >= 0.6 is 0 Å². The quantitative estimate of drug-likeness (QED) is 0.828. The molecule has 1 heterocycles. The second-order valence-electron chi connectivity index (χ2n) is 7.13. The first-order chi connectivity index (χ1) is 11.6. The molecule has 0 radical (unpaired) electrons. The van der Waals surface area contributed by atoms with Crippen LogP contribution in [0.1, 0.15) is 31.7 Å². The number of carbonyl (C=O) groups excluding carboxylic acids is 1. The van der Waals surface area contributed by atoms with Gasteiger partial charge in [0.25, 0.3) is 0 Å². The van der Waals surface area contributed by atoms with Gasteiger partial charge >= 0.3 is 0 Å². The minimum Gasteiger partial charge on any atom is -0.497 e. The number of likely N-dealkylation sites (tertiary alicyclic amines) is 1. The lowest BCUT2D eigenvalue weighted by Gasteiger charge is -2.26. The van der Waals surface area contributed by atoms with Gasteiger partial charge in [0.15, 0.2) is 0 Å². The average molecular weight is 332 g/mol. The minimum atomic E-state index is -0.288. The molecule has 0 spiro atoms. The van der Waals surface area contributed by atoms with Crippen molar-refractivity contribution < 1.29 is 14.6 Å². The summed E-state index contributed by atoms with van der Waals surface area (Å²) in [5.41, 5.74) is 1.14. The van der Waals surface area contributed by atoms with Crippen molar-refractivity contribution in [1.29, 1.82) is 0 Å². The third-order valence-electron chi connectivity index (χ3n) is 5.17. The largest absolute Gasteiger partial charge is 0.497 e. The molecule has 1 aromatic rings. The zero-order valence-electron chi connectivity index (χ0n) is 14.6. The molecule has 0 aromatic heterocycles. The van der Waals surface area contributed by atoms with Gasteiger partial charge in [-0.2, -0.15) is 0 Å². The van der Waals surface area contributed by atoms with Crippen molar-refractivity contribution in [2.24, 2.45) is 5.92 Å². The number of benzene rings is 1. The number of nitrogens with zero attached hydrogens (tertiary/aromatic N) is 2. The van der Waals surface area contributed by atoms with Gasteiger partial charge in [0, 0.05) is 19.1 Å². The highest BCUT2D eigenvalue weighted by atomic mass is 16.5. The number of methoxy groups -OCH3 is 1. The third kappa shape index (κ3) is 4.28. The maximum absolute atomic E-state index is 12.8. The van der Waals surface area contributed by atoms with E-state index in [-0.39, 0.29) is 12.0 Å². The monoisotopic (exact) mass is 332 g/mol. The van der Waals surface area contributed by atoms with E-state index in [9.17, 15) is 9.90 Å². The molecule has 1 aromatic carbocycles. The Bertz CT molecular complexity index is 554. The van der Waals surface area contributed by atoms with Crippen LogP contribution in [0.2, 0.25) is 0 Å². The zero-order valence-corrected chi connectivity index (χ0v) is 14.6. The lowest BCUT2D eigenvalue weighted by Crippen LogP contribution is -2.40. The van der Waals surface area contributed by atoms with E-state index in [1.807, 2.05) is 36.1 Å². The summed E-state index contributed by atoms with van der Waals surface area (Å²) < 4.78 is 5.19. The number of rotatable bonds is 7. The topological polar surface area (TPSA) is 53.0 Å². The predicted octanol–water partition coefficient (Wildman–Crippen LogP) is 1.89. The van der Waals surface area contributed by atoms with E-state index in [0.717, 1.165) is 43.7 Å². The van der Waals surface area contributed by atoms with Crippen molar-refractivity contribution in [2.45, 2.75) is 44.9 Å². The molecule has 2 aliphatic rings. The number of ether oxygens (including phenoxy) is 1. The van der Waals surface area contributed by atoms with Crippen molar-refractivity contribution in [3.8, 4) is 5.75 Å². The second kappa shape index (κ2) is 7.53. The SMILES string of the molecule is COc1ccc(CN(C(=O)CN2CCC(C(C)O)C2)C2CC2)cc1. The molecule has 5 heteroatoms. The second-order valence-corrected chi connectivity index (χ2v) is 7.13. The van der Waals surface area contributed by atoms with E-state index in [2.05, 4.69) is 4.90 Å². The van der Waals surface area contributed by atoms with E-state index >= 15 is 0 Å². The summed E-state index contributed by atoms with van der Waals surface area (Å²) in [7, 11) is 1.66. The van der Waals surface area contributed by atoms with Gasteiger partial charge in [-0.25, -0.2) is 0 Å². The van der Waals surface area contributed by atoms with Gasteiger partial charge in [-0.1, -0.05) is 12.1 Å². The zero-order chi connectivity index (χ0) is 17.1. The Morgan fingerprint density at radius 3 is 2.58 bits per heavy atom. The Hall–Kier alpha value is -1.59. The van der Waals surface area contributed by atoms with Crippen molar-refractivity contribution in [3.63, 3.8) is 0 Å². The summed E-state index contributed by atoms with van der Waals surface area (Å²) in [5.74, 6) is 1.35. The predicted molar refractivity (Wildman–Crippen MR) is 92.8 cm³/mol. The summed E-state index contributed by atoms with van der Waals surface area (Å²) in [6.45, 7) is 4.71. The molecule has 5 nitrogen and oxygen atoms in total. The Morgan fingerprint density at radius 2 is 2.04 bits per heavy atom. The molecule has 1 amide bonds. The summed E-state index contributed by atoms with van der Waals surface area (Å²) in [6.07, 6.45) is 2.91. The minimum absolute atomic E-state index is 0.208. The van der Waals surface area contributed by atoms with Gasteiger partial charge in [-0.3, -0.25) is 9.69 Å². The molecule has 3 rings (SSSR count). The van der Waals surface area contributed by atoms with Crippen LogP contribution in [0.25, 0.3) is 0 Å². The van der Waals surface area contributed by atoms with Crippen LogP contribution in [0, 0.1) is 5.92 Å². The molecular formula is C19H28N2O3. The number of amides is 1. The van der Waals surface area contributed by atoms with Gasteiger partial charge < -0.3 is 14.7 Å². The molecule has 2 atom stereocenters. The maximum Gasteiger partial charge on any atom is 0.237 e. The van der Waals surface area contributed by atoms with E-state index in [4.69, 9.17) is 4.74 Å². The fourth-order valence-electron chi connectivity index (χ4n) is 3.42. The number of hydrogen-bond acceptors (Lipinski definition) is 4. The molecule has 2 fully saturated rings. The van der Waals surface area contributed by atoms with Crippen molar-refractivity contribution >= 4 is 5.91 Å². The standard InChI is InChI=1S/C19H28N2O3/c1-14(22)16-9-10-20(12-16)13-19(23)21(17-5-6-17)11-15-3-7-18(24-2)8-4-15/h3-4,7-8,14,16-17,22H,5-6,9-13H2,1-2H3. The van der Waals surface area contributed by atoms with E-state index in [0.29, 0.717) is 25.0 Å². The van der Waals surface area contributed by atoms with Gasteiger partial charge in [-0.15, -0.1) is 0 Å². The normalized spacial score (nSPS) is 22.4. The Balaban J connectivity index is 1.57. The Kier molecular flexibility index (Phi) is 5.41. The molecule has 1 aliphatic carbocycles. The van der Waals surface area contributed by atoms with E-state index in [1.165, 1.54) is 0 Å². The Labute approximate surface area is 144 Å². The van der Waals surface area contributed by atoms with Gasteiger partial charge in [-0.05, 0) is 56.3 Å². The summed E-state index contributed by atoms with van der Waals surface area (Å²) >= 11 is 0. The lowest BCUT2D eigenvalue weighted by molar-refractivity contribution is -0.133. The van der Waals surface area contributed by atoms with Gasteiger partial charge in [0.05, 0.1) is 19.8 Å².